The zero-order valence-corrected chi connectivity index (χ0v) is 18.6. The number of amides is 2. The van der Waals surface area contributed by atoms with E-state index in [9.17, 15) is 31.2 Å². The first-order chi connectivity index (χ1) is 15.0. The average molecular weight is 477 g/mol. The highest BCUT2D eigenvalue weighted by Crippen LogP contribution is 2.32. The summed E-state index contributed by atoms with van der Waals surface area (Å²) in [4.78, 5) is 29.3. The smallest absolute Gasteiger partial charge is 0.341 e. The molecule has 0 aliphatic carbocycles. The van der Waals surface area contributed by atoms with Crippen molar-refractivity contribution in [3.05, 3.63) is 29.3 Å². The minimum atomic E-state index is -4.72. The molecule has 12 heteroatoms. The van der Waals surface area contributed by atoms with Gasteiger partial charge in [-0.15, -0.1) is 0 Å². The van der Waals surface area contributed by atoms with Gasteiger partial charge < -0.3 is 14.7 Å². The second kappa shape index (κ2) is 9.75. The molecule has 32 heavy (non-hydrogen) atoms. The lowest BCUT2D eigenvalue weighted by molar-refractivity contribution is -0.138. The number of piperazine rings is 1. The molecule has 2 fully saturated rings. The zero-order chi connectivity index (χ0) is 23.5. The molecule has 2 saturated heterocycles. The Morgan fingerprint density at radius 3 is 2.47 bits per heavy atom. The molecule has 0 spiro atoms. The van der Waals surface area contributed by atoms with E-state index in [1.165, 1.54) is 0 Å². The van der Waals surface area contributed by atoms with Crippen molar-refractivity contribution >= 4 is 22.3 Å². The summed E-state index contributed by atoms with van der Waals surface area (Å²) < 4.78 is 66.2. The first kappa shape index (κ1) is 24.5. The number of carbonyl (C=O) groups is 2. The summed E-state index contributed by atoms with van der Waals surface area (Å²) in [5, 5.41) is 0. The predicted octanol–water partition coefficient (Wildman–Crippen LogP) is 0.921. The van der Waals surface area contributed by atoms with Crippen molar-refractivity contribution in [2.75, 3.05) is 46.3 Å². The molecule has 2 amide bonds. The van der Waals surface area contributed by atoms with E-state index in [2.05, 4.69) is 4.90 Å². The van der Waals surface area contributed by atoms with Crippen LogP contribution in [0.3, 0.4) is 0 Å². The highest BCUT2D eigenvalue weighted by molar-refractivity contribution is 7.89. The van der Waals surface area contributed by atoms with Gasteiger partial charge >= 0.3 is 6.18 Å². The highest BCUT2D eigenvalue weighted by Gasteiger charge is 2.35. The van der Waals surface area contributed by atoms with Gasteiger partial charge in [-0.05, 0) is 50.7 Å². The van der Waals surface area contributed by atoms with Crippen LogP contribution in [0.25, 0.3) is 0 Å². The van der Waals surface area contributed by atoms with E-state index in [1.807, 2.05) is 4.72 Å². The quantitative estimate of drug-likeness (QED) is 0.592. The van der Waals surface area contributed by atoms with Crippen LogP contribution in [0.2, 0.25) is 0 Å². The fourth-order valence-corrected chi connectivity index (χ4v) is 5.21. The first-order valence-electron chi connectivity index (χ1n) is 10.4. The number of hydrogen-bond acceptors (Lipinski definition) is 5. The van der Waals surface area contributed by atoms with Gasteiger partial charge in [0.2, 0.25) is 22.3 Å². The lowest BCUT2D eigenvalue weighted by Crippen LogP contribution is -2.58. The topological polar surface area (TPSA) is 90.0 Å². The van der Waals surface area contributed by atoms with Gasteiger partial charge in [-0.25, -0.2) is 13.1 Å². The van der Waals surface area contributed by atoms with E-state index < -0.39 is 26.7 Å². The summed E-state index contributed by atoms with van der Waals surface area (Å²) >= 11 is 0. The van der Waals surface area contributed by atoms with Crippen LogP contribution >= 0.6 is 0 Å². The largest absolute Gasteiger partial charge is 0.416 e. The molecule has 8 nitrogen and oxygen atoms in total. The summed E-state index contributed by atoms with van der Waals surface area (Å²) in [5.41, 5.74) is -1.11. The second-order valence-corrected chi connectivity index (χ2v) is 9.91. The Kier molecular flexibility index (Phi) is 7.46. The predicted molar refractivity (Wildman–Crippen MR) is 110 cm³/mol. The molecular formula is C20H27F3N4O4S. The van der Waals surface area contributed by atoms with E-state index >= 15 is 0 Å². The summed E-state index contributed by atoms with van der Waals surface area (Å²) in [5.74, 6) is -0.382. The Bertz CT molecular complexity index is 949. The summed E-state index contributed by atoms with van der Waals surface area (Å²) in [6.07, 6.45) is -2.20. The highest BCUT2D eigenvalue weighted by atomic mass is 32.2. The van der Waals surface area contributed by atoms with Crippen LogP contribution in [0.4, 0.5) is 13.2 Å². The van der Waals surface area contributed by atoms with Crippen LogP contribution in [0.5, 0.6) is 0 Å². The molecule has 1 aromatic carbocycles. The van der Waals surface area contributed by atoms with Crippen molar-refractivity contribution in [2.45, 2.75) is 36.4 Å². The van der Waals surface area contributed by atoms with Gasteiger partial charge in [0, 0.05) is 26.2 Å². The Labute approximate surface area is 185 Å². The number of halogens is 3. The lowest BCUT2D eigenvalue weighted by Gasteiger charge is -2.41. The molecule has 1 atom stereocenters. The van der Waals surface area contributed by atoms with Crippen LogP contribution in [0, 0.1) is 0 Å². The van der Waals surface area contributed by atoms with Crippen LogP contribution in [0.15, 0.2) is 23.1 Å². The van der Waals surface area contributed by atoms with Gasteiger partial charge in [0.05, 0.1) is 22.9 Å². The van der Waals surface area contributed by atoms with Crippen LogP contribution in [-0.2, 0) is 32.2 Å². The van der Waals surface area contributed by atoms with Crippen LogP contribution < -0.4 is 4.72 Å². The standard InChI is InChI=1S/C20H27F3N4O4S/c1-24-32(30,31)18-11-16(20(21,22)23)5-4-15(18)10-19(29)27-9-8-26(14-28)13-17(27)12-25-6-2-3-7-25/h4-5,11,14,17,24H,2-3,6-10,12-13H2,1H3. The van der Waals surface area contributed by atoms with Crippen molar-refractivity contribution in [1.82, 2.24) is 19.4 Å². The van der Waals surface area contributed by atoms with Gasteiger partial charge in [-0.3, -0.25) is 9.59 Å². The van der Waals surface area contributed by atoms with Gasteiger partial charge in [-0.1, -0.05) is 6.07 Å². The summed E-state index contributed by atoms with van der Waals surface area (Å²) in [6, 6.07) is 2.12. The van der Waals surface area contributed by atoms with Gasteiger partial charge in [0.15, 0.2) is 0 Å². The second-order valence-electron chi connectivity index (χ2n) is 8.05. The molecule has 1 aromatic rings. The van der Waals surface area contributed by atoms with E-state index in [0.29, 0.717) is 25.7 Å². The maximum atomic E-state index is 13.2. The van der Waals surface area contributed by atoms with Gasteiger partial charge in [0.25, 0.3) is 0 Å². The molecule has 178 valence electrons. The minimum Gasteiger partial charge on any atom is -0.341 e. The third kappa shape index (κ3) is 5.59. The number of rotatable bonds is 7. The van der Waals surface area contributed by atoms with E-state index in [1.54, 1.807) is 9.80 Å². The zero-order valence-electron chi connectivity index (χ0n) is 17.8. The number of carbonyl (C=O) groups excluding carboxylic acids is 2. The molecular weight excluding hydrogens is 449 g/mol. The number of hydrogen-bond donors (Lipinski definition) is 1. The minimum absolute atomic E-state index is 0.00455. The molecule has 0 radical (unpaired) electrons. The molecule has 2 aliphatic rings. The van der Waals surface area contributed by atoms with Gasteiger partial charge in [0.1, 0.15) is 0 Å². The van der Waals surface area contributed by atoms with E-state index in [0.717, 1.165) is 51.5 Å². The number of nitrogens with one attached hydrogen (secondary N) is 1. The SMILES string of the molecule is CNS(=O)(=O)c1cc(C(F)(F)F)ccc1CC(=O)N1CCN(C=O)CC1CN1CCCC1. The molecule has 2 aliphatic heterocycles. The van der Waals surface area contributed by atoms with Gasteiger partial charge in [-0.2, -0.15) is 13.2 Å². The molecule has 0 aromatic heterocycles. The third-order valence-electron chi connectivity index (χ3n) is 5.95. The van der Waals surface area contributed by atoms with E-state index in [-0.39, 0.29) is 30.5 Å². The van der Waals surface area contributed by atoms with E-state index in [4.69, 9.17) is 0 Å². The maximum absolute atomic E-state index is 13.2. The number of sulfonamides is 1. The fraction of sp³-hybridized carbons (Fsp3) is 0.600. The normalized spacial score (nSPS) is 20.6. The lowest BCUT2D eigenvalue weighted by atomic mass is 10.1. The number of likely N-dealkylation sites (tertiary alicyclic amines) is 1. The Hall–Kier alpha value is -2.18. The molecule has 2 heterocycles. The molecule has 0 saturated carbocycles. The molecule has 1 N–H and O–H groups in total. The van der Waals surface area contributed by atoms with Crippen molar-refractivity contribution in [2.24, 2.45) is 0 Å². The fourth-order valence-electron chi connectivity index (χ4n) is 4.22. The number of nitrogens with zero attached hydrogens (tertiary/aromatic N) is 3. The summed E-state index contributed by atoms with van der Waals surface area (Å²) in [6.45, 7) is 3.39. The molecule has 0 bridgehead atoms. The number of alkyl halides is 3. The molecule has 1 unspecified atom stereocenters. The van der Waals surface area contributed by atoms with Crippen molar-refractivity contribution in [3.63, 3.8) is 0 Å². The Morgan fingerprint density at radius 2 is 1.88 bits per heavy atom. The first-order valence-corrected chi connectivity index (χ1v) is 11.9. The summed E-state index contributed by atoms with van der Waals surface area (Å²) in [7, 11) is -3.11. The third-order valence-corrected chi connectivity index (χ3v) is 7.44. The average Bonchev–Trinajstić information content (AvgIpc) is 3.26. The number of benzene rings is 1. The Morgan fingerprint density at radius 1 is 1.19 bits per heavy atom. The van der Waals surface area contributed by atoms with Crippen molar-refractivity contribution < 1.29 is 31.2 Å². The van der Waals surface area contributed by atoms with Crippen molar-refractivity contribution in [3.8, 4) is 0 Å². The monoisotopic (exact) mass is 476 g/mol. The van der Waals surface area contributed by atoms with Crippen LogP contribution in [-0.4, -0.2) is 87.8 Å². The van der Waals surface area contributed by atoms with Crippen LogP contribution in [0.1, 0.15) is 24.0 Å². The maximum Gasteiger partial charge on any atom is 0.416 e. The molecule has 3 rings (SSSR count). The van der Waals surface area contributed by atoms with Crippen molar-refractivity contribution in [1.29, 1.82) is 0 Å². The Balaban J connectivity index is 1.86.